The van der Waals surface area contributed by atoms with Gasteiger partial charge in [0.15, 0.2) is 0 Å². The number of rotatable bonds is 2. The zero-order chi connectivity index (χ0) is 4.41. The number of ether oxygens (including phenoxy) is 1. The van der Waals surface area contributed by atoms with Crippen LogP contribution in [0.2, 0.25) is 0 Å². The Morgan fingerprint density at radius 2 is 2.50 bits per heavy atom. The van der Waals surface area contributed by atoms with E-state index in [1.807, 2.05) is 0 Å². The fraction of sp³-hybridized carbons (Fsp3) is 1.00. The number of halogens is 1. The molecule has 0 aromatic heterocycles. The summed E-state index contributed by atoms with van der Waals surface area (Å²) in [5, 5.41) is 0. The van der Waals surface area contributed by atoms with Crippen LogP contribution in [0.5, 0.6) is 0 Å². The van der Waals surface area contributed by atoms with Crippen LogP contribution < -0.4 is 0 Å². The maximum Gasteiger partial charge on any atom is 0.0817 e. The number of hydrogen-bond donors (Lipinski definition) is 0. The molecule has 1 rings (SSSR count). The summed E-state index contributed by atoms with van der Waals surface area (Å²) >= 11 is 2.36. The van der Waals surface area contributed by atoms with E-state index in [9.17, 15) is 0 Å². The van der Waals surface area contributed by atoms with Crippen LogP contribution in [0.25, 0.3) is 0 Å². The molecule has 1 nitrogen and oxygen atoms in total. The lowest BCUT2D eigenvalue weighted by Crippen LogP contribution is -1.82. The molecule has 0 amide bonds. The molecule has 0 aromatic carbocycles. The summed E-state index contributed by atoms with van der Waals surface area (Å²) < 4.78 is 6.18. The lowest BCUT2D eigenvalue weighted by molar-refractivity contribution is 0.405. The molecule has 1 aliphatic heterocycles. The topological polar surface area (TPSA) is 12.5 Å². The molecule has 0 bridgehead atoms. The average molecular weight is 198 g/mol. The third-order valence-electron chi connectivity index (χ3n) is 0.833. The van der Waals surface area contributed by atoms with E-state index in [1.54, 1.807) is 0 Å². The van der Waals surface area contributed by atoms with E-state index in [0.717, 1.165) is 6.61 Å². The Morgan fingerprint density at radius 1 is 1.83 bits per heavy atom. The van der Waals surface area contributed by atoms with Crippen molar-refractivity contribution in [3.63, 3.8) is 0 Å². The Hall–Kier alpha value is 0.690. The van der Waals surface area contributed by atoms with Gasteiger partial charge >= 0.3 is 0 Å². The third-order valence-corrected chi connectivity index (χ3v) is 1.46. The van der Waals surface area contributed by atoms with Crippen molar-refractivity contribution >= 4 is 22.6 Å². The molecule has 0 N–H and O–H groups in total. The molecule has 2 heteroatoms. The first-order valence-corrected chi connectivity index (χ1v) is 3.63. The smallest absolute Gasteiger partial charge is 0.0817 e. The minimum Gasteiger partial charge on any atom is -0.373 e. The summed E-state index contributed by atoms with van der Waals surface area (Å²) in [7, 11) is 0. The summed E-state index contributed by atoms with van der Waals surface area (Å²) in [6.07, 6.45) is 1.89. The van der Waals surface area contributed by atoms with Crippen LogP contribution >= 0.6 is 22.6 Å². The summed E-state index contributed by atoms with van der Waals surface area (Å²) in [4.78, 5) is 0. The first-order chi connectivity index (χ1) is 2.93. The van der Waals surface area contributed by atoms with Gasteiger partial charge in [0, 0.05) is 4.43 Å². The highest BCUT2D eigenvalue weighted by atomic mass is 127. The molecular weight excluding hydrogens is 191 g/mol. The van der Waals surface area contributed by atoms with Gasteiger partial charge in [0.1, 0.15) is 0 Å². The van der Waals surface area contributed by atoms with Crippen LogP contribution in [0.15, 0.2) is 0 Å². The van der Waals surface area contributed by atoms with Crippen molar-refractivity contribution < 1.29 is 4.74 Å². The summed E-state index contributed by atoms with van der Waals surface area (Å²) in [6.45, 7) is 1.02. The Labute approximate surface area is 51.2 Å². The molecule has 1 saturated heterocycles. The monoisotopic (exact) mass is 198 g/mol. The minimum atomic E-state index is 0.641. The van der Waals surface area contributed by atoms with Crippen LogP contribution in [0.3, 0.4) is 0 Å². The summed E-state index contributed by atoms with van der Waals surface area (Å²) in [5.74, 6) is 0. The Balaban J connectivity index is 1.88. The van der Waals surface area contributed by atoms with Crippen LogP contribution in [0.1, 0.15) is 6.42 Å². The predicted octanol–water partition coefficient (Wildman–Crippen LogP) is 1.21. The maximum atomic E-state index is 4.94. The van der Waals surface area contributed by atoms with E-state index in [-0.39, 0.29) is 0 Å². The van der Waals surface area contributed by atoms with Gasteiger partial charge in [0.25, 0.3) is 0 Å². The number of hydrogen-bond acceptors (Lipinski definition) is 1. The van der Waals surface area contributed by atoms with Gasteiger partial charge in [-0.25, -0.2) is 0 Å². The van der Waals surface area contributed by atoms with Crippen molar-refractivity contribution in [1.29, 1.82) is 0 Å². The number of epoxide rings is 1. The standard InChI is InChI=1S/C4H7IO/c5-2-1-4-3-6-4/h4H,1-3H2/t4-/m0/s1. The van der Waals surface area contributed by atoms with E-state index < -0.39 is 0 Å². The molecule has 0 unspecified atom stereocenters. The van der Waals surface area contributed by atoms with Gasteiger partial charge in [0.2, 0.25) is 0 Å². The van der Waals surface area contributed by atoms with Crippen molar-refractivity contribution in [3.05, 3.63) is 0 Å². The van der Waals surface area contributed by atoms with E-state index in [4.69, 9.17) is 4.74 Å². The Morgan fingerprint density at radius 3 is 2.67 bits per heavy atom. The molecule has 0 saturated carbocycles. The fourth-order valence-corrected chi connectivity index (χ4v) is 1.05. The molecule has 1 aliphatic rings. The van der Waals surface area contributed by atoms with Crippen molar-refractivity contribution in [1.82, 2.24) is 0 Å². The Kier molecular flexibility index (Phi) is 1.71. The lowest BCUT2D eigenvalue weighted by atomic mass is 10.4. The van der Waals surface area contributed by atoms with E-state index in [2.05, 4.69) is 22.6 Å². The second-order valence-electron chi connectivity index (χ2n) is 1.43. The van der Waals surface area contributed by atoms with Crippen molar-refractivity contribution in [3.8, 4) is 0 Å². The maximum absolute atomic E-state index is 4.94. The number of alkyl halides is 1. The van der Waals surface area contributed by atoms with Gasteiger partial charge < -0.3 is 4.74 Å². The first-order valence-electron chi connectivity index (χ1n) is 2.11. The molecule has 1 heterocycles. The quantitative estimate of drug-likeness (QED) is 0.369. The van der Waals surface area contributed by atoms with Crippen LogP contribution in [-0.4, -0.2) is 17.1 Å². The third kappa shape index (κ3) is 1.43. The fourth-order valence-electron chi connectivity index (χ4n) is 0.356. The highest BCUT2D eigenvalue weighted by Gasteiger charge is 2.20. The molecule has 1 atom stereocenters. The SMILES string of the molecule is ICC[C@H]1CO1. The zero-order valence-corrected chi connectivity index (χ0v) is 5.64. The molecular formula is C4H7IO. The minimum absolute atomic E-state index is 0.641. The van der Waals surface area contributed by atoms with Crippen molar-refractivity contribution in [2.24, 2.45) is 0 Å². The predicted molar refractivity (Wildman–Crippen MR) is 33.2 cm³/mol. The molecule has 0 spiro atoms. The van der Waals surface area contributed by atoms with Gasteiger partial charge in [-0.3, -0.25) is 0 Å². The molecule has 0 aliphatic carbocycles. The molecule has 36 valence electrons. The molecule has 6 heavy (non-hydrogen) atoms. The zero-order valence-electron chi connectivity index (χ0n) is 3.48. The lowest BCUT2D eigenvalue weighted by Gasteiger charge is -1.78. The second-order valence-corrected chi connectivity index (χ2v) is 2.51. The van der Waals surface area contributed by atoms with E-state index >= 15 is 0 Å². The normalized spacial score (nSPS) is 30.5. The van der Waals surface area contributed by atoms with Crippen molar-refractivity contribution in [2.75, 3.05) is 11.0 Å². The average Bonchev–Trinajstić information content (AvgIpc) is 2.21. The summed E-state index contributed by atoms with van der Waals surface area (Å²) in [5.41, 5.74) is 0. The second kappa shape index (κ2) is 2.12. The first kappa shape index (κ1) is 4.84. The molecule has 0 radical (unpaired) electrons. The van der Waals surface area contributed by atoms with Gasteiger partial charge in [-0.15, -0.1) is 0 Å². The molecule has 0 aromatic rings. The summed E-state index contributed by atoms with van der Waals surface area (Å²) in [6, 6.07) is 0. The largest absolute Gasteiger partial charge is 0.373 e. The van der Waals surface area contributed by atoms with Crippen LogP contribution in [-0.2, 0) is 4.74 Å². The van der Waals surface area contributed by atoms with Crippen LogP contribution in [0.4, 0.5) is 0 Å². The van der Waals surface area contributed by atoms with Gasteiger partial charge in [-0.2, -0.15) is 0 Å². The molecule has 1 fully saturated rings. The van der Waals surface area contributed by atoms with Gasteiger partial charge in [-0.05, 0) is 6.42 Å². The highest BCUT2D eigenvalue weighted by molar-refractivity contribution is 14.1. The highest BCUT2D eigenvalue weighted by Crippen LogP contribution is 2.13. The van der Waals surface area contributed by atoms with E-state index in [0.29, 0.717) is 6.10 Å². The van der Waals surface area contributed by atoms with Gasteiger partial charge in [0.05, 0.1) is 12.7 Å². The van der Waals surface area contributed by atoms with Crippen molar-refractivity contribution in [2.45, 2.75) is 12.5 Å². The van der Waals surface area contributed by atoms with E-state index in [1.165, 1.54) is 10.8 Å². The van der Waals surface area contributed by atoms with Crippen LogP contribution in [0, 0.1) is 0 Å². The Bertz CT molecular complexity index is 42.8. The van der Waals surface area contributed by atoms with Gasteiger partial charge in [-0.1, -0.05) is 22.6 Å².